The zero-order chi connectivity index (χ0) is 22.0. The predicted octanol–water partition coefficient (Wildman–Crippen LogP) is 4.00. The number of amidine groups is 3. The maximum atomic E-state index is 8.69. The smallest absolute Gasteiger partial charge is 0.171 e. The highest BCUT2D eigenvalue weighted by Crippen LogP contribution is 2.43. The monoisotopic (exact) mass is 441 g/mol. The number of hydrogen-bond donors (Lipinski definition) is 3. The molecule has 3 aliphatic heterocycles. The van der Waals surface area contributed by atoms with Gasteiger partial charge in [-0.25, -0.2) is 4.99 Å². The number of morpholine rings is 1. The van der Waals surface area contributed by atoms with E-state index in [2.05, 4.69) is 35.1 Å². The third-order valence-electron chi connectivity index (χ3n) is 5.68. The Bertz CT molecular complexity index is 963. The summed E-state index contributed by atoms with van der Waals surface area (Å²) in [6, 6.07) is 2.13. The Balaban J connectivity index is 1.83. The van der Waals surface area contributed by atoms with Crippen molar-refractivity contribution in [3.05, 3.63) is 33.2 Å². The lowest BCUT2D eigenvalue weighted by molar-refractivity contribution is 0.0694. The van der Waals surface area contributed by atoms with Crippen molar-refractivity contribution in [1.29, 1.82) is 10.8 Å². The van der Waals surface area contributed by atoms with Crippen LogP contribution in [0.25, 0.3) is 5.70 Å². The minimum Gasteiger partial charge on any atom is -0.493 e. The van der Waals surface area contributed by atoms with Gasteiger partial charge in [-0.3, -0.25) is 10.8 Å². The van der Waals surface area contributed by atoms with Crippen LogP contribution in [0.4, 0.5) is 0 Å². The predicted molar refractivity (Wildman–Crippen MR) is 128 cm³/mol. The van der Waals surface area contributed by atoms with Gasteiger partial charge in [0.15, 0.2) is 11.0 Å². The summed E-state index contributed by atoms with van der Waals surface area (Å²) in [4.78, 5) is 7.54. The molecule has 7 nitrogen and oxygen atoms in total. The molecule has 3 N–H and O–H groups in total. The number of rotatable bonds is 6. The Kier molecular flexibility index (Phi) is 6.67. The molecule has 0 aliphatic carbocycles. The molecule has 0 bridgehead atoms. The number of aryl methyl sites for hydroxylation is 1. The molecule has 4 rings (SSSR count). The zero-order valence-corrected chi connectivity index (χ0v) is 19.4. The fourth-order valence-electron chi connectivity index (χ4n) is 4.36. The molecule has 3 aliphatic rings. The van der Waals surface area contributed by atoms with Crippen molar-refractivity contribution in [1.82, 2.24) is 10.2 Å². The maximum Gasteiger partial charge on any atom is 0.171 e. The van der Waals surface area contributed by atoms with Crippen molar-refractivity contribution in [3.63, 3.8) is 0 Å². The van der Waals surface area contributed by atoms with Crippen molar-refractivity contribution >= 4 is 34.3 Å². The Labute approximate surface area is 188 Å². The first-order chi connectivity index (χ1) is 15.1. The van der Waals surface area contributed by atoms with Crippen LogP contribution in [-0.2, 0) is 17.6 Å². The summed E-state index contributed by atoms with van der Waals surface area (Å²) in [6.07, 6.45) is 3.98. The summed E-state index contributed by atoms with van der Waals surface area (Å²) in [5, 5.41) is 21.4. The Hall–Kier alpha value is -2.32. The van der Waals surface area contributed by atoms with Gasteiger partial charge in [-0.2, -0.15) is 0 Å². The third kappa shape index (κ3) is 4.11. The summed E-state index contributed by atoms with van der Waals surface area (Å²) in [6.45, 7) is 9.85. The average Bonchev–Trinajstić information content (AvgIpc) is 3.32. The van der Waals surface area contributed by atoms with E-state index in [4.69, 9.17) is 20.3 Å². The van der Waals surface area contributed by atoms with Gasteiger partial charge < -0.3 is 19.7 Å². The molecule has 0 amide bonds. The van der Waals surface area contributed by atoms with Crippen LogP contribution in [0.5, 0.6) is 5.75 Å². The number of nitrogens with one attached hydrogen (secondary N) is 3. The van der Waals surface area contributed by atoms with Crippen LogP contribution in [0.3, 0.4) is 0 Å². The Morgan fingerprint density at radius 2 is 1.87 bits per heavy atom. The highest BCUT2D eigenvalue weighted by Gasteiger charge is 2.36. The van der Waals surface area contributed by atoms with E-state index in [1.165, 1.54) is 22.9 Å². The normalized spacial score (nSPS) is 20.7. The van der Waals surface area contributed by atoms with E-state index in [-0.39, 0.29) is 5.84 Å². The minimum absolute atomic E-state index is 0.260. The van der Waals surface area contributed by atoms with Crippen LogP contribution < -0.4 is 10.1 Å². The molecule has 166 valence electrons. The second-order valence-corrected chi connectivity index (χ2v) is 8.82. The van der Waals surface area contributed by atoms with Gasteiger partial charge in [-0.05, 0) is 48.7 Å². The second-order valence-electron chi connectivity index (χ2n) is 7.84. The Morgan fingerprint density at radius 3 is 2.55 bits per heavy atom. The molecule has 0 radical (unpaired) electrons. The van der Waals surface area contributed by atoms with E-state index < -0.39 is 0 Å². The summed E-state index contributed by atoms with van der Waals surface area (Å²) in [5.74, 6) is 1.36. The van der Waals surface area contributed by atoms with Crippen molar-refractivity contribution in [3.8, 4) is 5.75 Å². The molecule has 31 heavy (non-hydrogen) atoms. The van der Waals surface area contributed by atoms with Crippen LogP contribution in [0.15, 0.2) is 16.0 Å². The minimum atomic E-state index is 0.260. The molecule has 0 aromatic heterocycles. The first-order valence-corrected chi connectivity index (χ1v) is 12.0. The van der Waals surface area contributed by atoms with E-state index in [0.717, 1.165) is 71.4 Å². The van der Waals surface area contributed by atoms with Gasteiger partial charge >= 0.3 is 0 Å². The summed E-state index contributed by atoms with van der Waals surface area (Å²) >= 11 is 1.53. The van der Waals surface area contributed by atoms with Crippen molar-refractivity contribution in [2.24, 2.45) is 4.99 Å². The van der Waals surface area contributed by atoms with Crippen LogP contribution in [0.1, 0.15) is 55.9 Å². The number of hydrogen-bond acceptors (Lipinski definition) is 6. The lowest BCUT2D eigenvalue weighted by atomic mass is 9.90. The maximum absolute atomic E-state index is 8.69. The molecule has 1 saturated heterocycles. The van der Waals surface area contributed by atoms with Crippen molar-refractivity contribution < 1.29 is 9.47 Å². The lowest BCUT2D eigenvalue weighted by Gasteiger charge is -2.27. The molecular weight excluding hydrogens is 410 g/mol. The van der Waals surface area contributed by atoms with E-state index >= 15 is 0 Å². The van der Waals surface area contributed by atoms with E-state index in [1.54, 1.807) is 0 Å². The van der Waals surface area contributed by atoms with Gasteiger partial charge in [0.1, 0.15) is 11.6 Å². The SMILES string of the molecule is CCCc1cc(OCC)c2c(c1CCC)C(=C1SC(N3CCOCC3)=NC1=N)NC2=N. The fourth-order valence-corrected chi connectivity index (χ4v) is 5.39. The highest BCUT2D eigenvalue weighted by molar-refractivity contribution is 8.18. The topological polar surface area (TPSA) is 93.8 Å². The van der Waals surface area contributed by atoms with Gasteiger partial charge in [0.2, 0.25) is 0 Å². The molecule has 1 aromatic rings. The molecular formula is C23H31N5O2S. The molecule has 0 atom stereocenters. The van der Waals surface area contributed by atoms with Gasteiger partial charge in [0.05, 0.1) is 36.0 Å². The summed E-state index contributed by atoms with van der Waals surface area (Å²) in [7, 11) is 0. The highest BCUT2D eigenvalue weighted by atomic mass is 32.2. The van der Waals surface area contributed by atoms with Gasteiger partial charge in [0.25, 0.3) is 0 Å². The summed E-state index contributed by atoms with van der Waals surface area (Å²) in [5.41, 5.74) is 5.25. The number of thioether (sulfide) groups is 1. The van der Waals surface area contributed by atoms with E-state index in [9.17, 15) is 0 Å². The fraction of sp³-hybridized carbons (Fsp3) is 0.522. The zero-order valence-electron chi connectivity index (χ0n) is 18.6. The molecule has 8 heteroatoms. The summed E-state index contributed by atoms with van der Waals surface area (Å²) < 4.78 is 11.4. The molecule has 0 saturated carbocycles. The largest absolute Gasteiger partial charge is 0.493 e. The van der Waals surface area contributed by atoms with Crippen molar-refractivity contribution in [2.75, 3.05) is 32.9 Å². The van der Waals surface area contributed by atoms with Gasteiger partial charge in [-0.15, -0.1) is 0 Å². The first-order valence-electron chi connectivity index (χ1n) is 11.2. The molecule has 0 unspecified atom stereocenters. The third-order valence-corrected chi connectivity index (χ3v) is 6.82. The number of nitrogens with zero attached hydrogens (tertiary/aromatic N) is 2. The average molecular weight is 442 g/mol. The van der Waals surface area contributed by atoms with Crippen LogP contribution in [-0.4, -0.2) is 54.6 Å². The first kappa shape index (κ1) is 21.9. The number of ether oxygens (including phenoxy) is 2. The quantitative estimate of drug-likeness (QED) is 0.620. The second kappa shape index (κ2) is 9.44. The standard InChI is InChI=1S/C23H31N5O2S/c1-4-7-14-13-16(30-6-3)18-17(15(14)8-5-2)19(26-21(18)24)20-22(25)27-23(31-20)28-9-11-29-12-10-28/h13,25H,4-12H2,1-3H3,(H2,24,26). The van der Waals surface area contributed by atoms with E-state index in [0.29, 0.717) is 25.7 Å². The Morgan fingerprint density at radius 1 is 1.13 bits per heavy atom. The van der Waals surface area contributed by atoms with E-state index in [1.807, 2.05) is 6.92 Å². The molecule has 1 fully saturated rings. The molecule has 3 heterocycles. The molecule has 0 spiro atoms. The van der Waals surface area contributed by atoms with Gasteiger partial charge in [0, 0.05) is 18.7 Å². The number of benzene rings is 1. The van der Waals surface area contributed by atoms with Crippen molar-refractivity contribution in [2.45, 2.75) is 46.5 Å². The number of fused-ring (bicyclic) bond motifs is 1. The lowest BCUT2D eigenvalue weighted by Crippen LogP contribution is -2.38. The molecule has 1 aromatic carbocycles. The van der Waals surface area contributed by atoms with Gasteiger partial charge in [-0.1, -0.05) is 26.7 Å². The number of aliphatic imine (C=N–C) groups is 1. The van der Waals surface area contributed by atoms with Crippen LogP contribution in [0.2, 0.25) is 0 Å². The van der Waals surface area contributed by atoms with Crippen LogP contribution in [0, 0.1) is 10.8 Å². The van der Waals surface area contributed by atoms with Crippen LogP contribution >= 0.6 is 11.8 Å².